The molecule has 0 spiro atoms. The summed E-state index contributed by atoms with van der Waals surface area (Å²) >= 11 is 0. The maximum Gasteiger partial charge on any atom is 0.346 e. The molecule has 0 aromatic heterocycles. The Kier molecular flexibility index (Phi) is 7.03. The van der Waals surface area contributed by atoms with E-state index < -0.39 is 23.4 Å². The molecule has 0 unspecified atom stereocenters. The van der Waals surface area contributed by atoms with Gasteiger partial charge in [-0.25, -0.2) is 18.0 Å². The number of hydrogen-bond donors (Lipinski definition) is 0. The maximum atomic E-state index is 14.6. The van der Waals surface area contributed by atoms with Crippen LogP contribution in [-0.2, 0) is 0 Å². The van der Waals surface area contributed by atoms with Crippen molar-refractivity contribution < 1.29 is 22.7 Å². The molecule has 0 amide bonds. The Hall–Kier alpha value is -3.26. The number of hydrogen-bond acceptors (Lipinski definition) is 2. The summed E-state index contributed by atoms with van der Waals surface area (Å²) in [5, 5.41) is 0.829. The highest BCUT2D eigenvalue weighted by Gasteiger charge is 2.19. The van der Waals surface area contributed by atoms with Crippen LogP contribution in [0.25, 0.3) is 10.8 Å². The zero-order valence-corrected chi connectivity index (χ0v) is 18.5. The molecule has 170 valence electrons. The standard InChI is InChI=1S/C28H25F3O2/c1-2-3-18-4-6-19(7-5-18)8-9-20-10-13-24(25(29)14-20)28(32)33-23-12-11-21-16-26(30)27(31)17-22(21)15-23/h10-19H,2-7H2,1H3. The van der Waals surface area contributed by atoms with Gasteiger partial charge < -0.3 is 4.74 Å². The van der Waals surface area contributed by atoms with E-state index in [-0.39, 0.29) is 11.3 Å². The van der Waals surface area contributed by atoms with Gasteiger partial charge in [-0.15, -0.1) is 0 Å². The molecule has 0 atom stereocenters. The lowest BCUT2D eigenvalue weighted by molar-refractivity contribution is 0.0730. The van der Waals surface area contributed by atoms with Gasteiger partial charge in [0.15, 0.2) is 11.6 Å². The van der Waals surface area contributed by atoms with Crippen LogP contribution in [0.2, 0.25) is 0 Å². The normalized spacial score (nSPS) is 17.9. The molecule has 4 rings (SSSR count). The van der Waals surface area contributed by atoms with Crippen molar-refractivity contribution in [1.29, 1.82) is 0 Å². The molecule has 0 N–H and O–H groups in total. The molecular weight excluding hydrogens is 425 g/mol. The SMILES string of the molecule is CCCC1CCC(C#Cc2ccc(C(=O)Oc3ccc4cc(F)c(F)cc4c3)c(F)c2)CC1. The largest absolute Gasteiger partial charge is 0.423 e. The molecule has 1 aliphatic carbocycles. The van der Waals surface area contributed by atoms with Gasteiger partial charge in [-0.3, -0.25) is 0 Å². The first-order valence-electron chi connectivity index (χ1n) is 11.3. The molecule has 0 radical (unpaired) electrons. The Morgan fingerprint density at radius 3 is 2.33 bits per heavy atom. The number of halogens is 3. The smallest absolute Gasteiger partial charge is 0.346 e. The average molecular weight is 451 g/mol. The fraction of sp³-hybridized carbons (Fsp3) is 0.321. The van der Waals surface area contributed by atoms with E-state index in [1.165, 1.54) is 56.0 Å². The quantitative estimate of drug-likeness (QED) is 0.235. The van der Waals surface area contributed by atoms with Crippen LogP contribution >= 0.6 is 0 Å². The molecule has 1 fully saturated rings. The molecule has 2 nitrogen and oxygen atoms in total. The van der Waals surface area contributed by atoms with Gasteiger partial charge in [0.05, 0.1) is 5.56 Å². The van der Waals surface area contributed by atoms with E-state index in [2.05, 4.69) is 18.8 Å². The molecule has 0 bridgehead atoms. The number of benzene rings is 3. The molecule has 1 aliphatic rings. The minimum atomic E-state index is -0.997. The Balaban J connectivity index is 1.42. The molecule has 0 aliphatic heterocycles. The third kappa shape index (κ3) is 5.57. The highest BCUT2D eigenvalue weighted by Crippen LogP contribution is 2.31. The van der Waals surface area contributed by atoms with Crippen LogP contribution in [0.4, 0.5) is 13.2 Å². The average Bonchev–Trinajstić information content (AvgIpc) is 2.80. The predicted octanol–water partition coefficient (Wildman–Crippen LogP) is 7.43. The predicted molar refractivity (Wildman–Crippen MR) is 122 cm³/mol. The van der Waals surface area contributed by atoms with E-state index >= 15 is 0 Å². The lowest BCUT2D eigenvalue weighted by Crippen LogP contribution is -2.13. The van der Waals surface area contributed by atoms with E-state index in [1.54, 1.807) is 6.07 Å². The van der Waals surface area contributed by atoms with Crippen LogP contribution in [-0.4, -0.2) is 5.97 Å². The van der Waals surface area contributed by atoms with Crippen molar-refractivity contribution in [2.24, 2.45) is 11.8 Å². The second-order valence-corrected chi connectivity index (χ2v) is 8.64. The number of esters is 1. The third-order valence-electron chi connectivity index (χ3n) is 6.21. The first-order valence-corrected chi connectivity index (χ1v) is 11.3. The van der Waals surface area contributed by atoms with Crippen LogP contribution in [0.3, 0.4) is 0 Å². The second kappa shape index (κ2) is 10.1. The molecular formula is C28H25F3O2. The minimum absolute atomic E-state index is 0.112. The first-order chi connectivity index (χ1) is 15.9. The Morgan fingerprint density at radius 1 is 0.909 bits per heavy atom. The molecule has 1 saturated carbocycles. The van der Waals surface area contributed by atoms with Crippen molar-refractivity contribution in [2.45, 2.75) is 45.4 Å². The van der Waals surface area contributed by atoms with Crippen LogP contribution in [0.5, 0.6) is 5.75 Å². The summed E-state index contributed by atoms with van der Waals surface area (Å²) < 4.78 is 46.7. The topological polar surface area (TPSA) is 26.3 Å². The molecule has 3 aromatic carbocycles. The molecule has 3 aromatic rings. The molecule has 0 heterocycles. The number of carbonyl (C=O) groups excluding carboxylic acids is 1. The summed E-state index contributed by atoms with van der Waals surface area (Å²) in [6.45, 7) is 2.21. The van der Waals surface area contributed by atoms with E-state index in [9.17, 15) is 18.0 Å². The van der Waals surface area contributed by atoms with Gasteiger partial charge in [-0.05, 0) is 84.8 Å². The number of carbonyl (C=O) groups is 1. The number of rotatable bonds is 4. The molecule has 0 saturated heterocycles. The van der Waals surface area contributed by atoms with E-state index in [0.717, 1.165) is 30.9 Å². The molecule has 5 heteroatoms. The number of ether oxygens (including phenoxy) is 1. The fourth-order valence-electron chi connectivity index (χ4n) is 4.39. The summed E-state index contributed by atoms with van der Waals surface area (Å²) in [5.74, 6) is 4.00. The third-order valence-corrected chi connectivity index (χ3v) is 6.21. The van der Waals surface area contributed by atoms with Gasteiger partial charge in [0.2, 0.25) is 0 Å². The minimum Gasteiger partial charge on any atom is -0.423 e. The lowest BCUT2D eigenvalue weighted by atomic mass is 9.80. The summed E-state index contributed by atoms with van der Waals surface area (Å²) in [5.41, 5.74) is 0.300. The second-order valence-electron chi connectivity index (χ2n) is 8.64. The zero-order chi connectivity index (χ0) is 23.4. The van der Waals surface area contributed by atoms with E-state index in [0.29, 0.717) is 22.3 Å². The Bertz CT molecular complexity index is 1230. The van der Waals surface area contributed by atoms with Crippen LogP contribution in [0.1, 0.15) is 61.4 Å². The van der Waals surface area contributed by atoms with Crippen molar-refractivity contribution in [3.63, 3.8) is 0 Å². The van der Waals surface area contributed by atoms with E-state index in [4.69, 9.17) is 4.74 Å². The van der Waals surface area contributed by atoms with Gasteiger partial charge in [-0.2, -0.15) is 0 Å². The summed E-state index contributed by atoms with van der Waals surface area (Å²) in [7, 11) is 0. The van der Waals surface area contributed by atoms with Crippen molar-refractivity contribution in [3.05, 3.63) is 77.1 Å². The van der Waals surface area contributed by atoms with Crippen molar-refractivity contribution in [3.8, 4) is 17.6 Å². The highest BCUT2D eigenvalue weighted by molar-refractivity contribution is 5.92. The summed E-state index contributed by atoms with van der Waals surface area (Å²) in [6, 6.07) is 10.6. The Labute approximate surface area is 191 Å². The van der Waals surface area contributed by atoms with Crippen molar-refractivity contribution in [2.75, 3.05) is 0 Å². The van der Waals surface area contributed by atoms with Gasteiger partial charge in [0, 0.05) is 11.5 Å². The van der Waals surface area contributed by atoms with Crippen molar-refractivity contribution in [1.82, 2.24) is 0 Å². The lowest BCUT2D eigenvalue weighted by Gasteiger charge is -2.25. The summed E-state index contributed by atoms with van der Waals surface area (Å²) in [6.07, 6.45) is 7.04. The monoisotopic (exact) mass is 450 g/mol. The van der Waals surface area contributed by atoms with Crippen molar-refractivity contribution >= 4 is 16.7 Å². The van der Waals surface area contributed by atoms with Crippen LogP contribution in [0, 0.1) is 41.1 Å². The highest BCUT2D eigenvalue weighted by atomic mass is 19.2. The van der Waals surface area contributed by atoms with Gasteiger partial charge in [0.25, 0.3) is 0 Å². The van der Waals surface area contributed by atoms with E-state index in [1.807, 2.05) is 0 Å². The Morgan fingerprint density at radius 2 is 1.64 bits per heavy atom. The zero-order valence-electron chi connectivity index (χ0n) is 18.5. The first kappa shape index (κ1) is 22.9. The molecule has 33 heavy (non-hydrogen) atoms. The maximum absolute atomic E-state index is 14.6. The summed E-state index contributed by atoms with van der Waals surface area (Å²) in [4.78, 5) is 12.5. The fourth-order valence-corrected chi connectivity index (χ4v) is 4.39. The van der Waals surface area contributed by atoms with Gasteiger partial charge >= 0.3 is 5.97 Å². The number of fused-ring (bicyclic) bond motifs is 1. The van der Waals surface area contributed by atoms with Crippen LogP contribution < -0.4 is 4.74 Å². The van der Waals surface area contributed by atoms with Gasteiger partial charge in [-0.1, -0.05) is 37.7 Å². The van der Waals surface area contributed by atoms with Crippen LogP contribution in [0.15, 0.2) is 48.5 Å². The van der Waals surface area contributed by atoms with Gasteiger partial charge in [0.1, 0.15) is 11.6 Å².